The van der Waals surface area contributed by atoms with E-state index in [0.717, 1.165) is 18.4 Å². The number of carbonyl (C=O) groups excluding carboxylic acids is 2. The largest absolute Gasteiger partial charge is 0.461 e. The zero-order valence-corrected chi connectivity index (χ0v) is 21.9. The Morgan fingerprint density at radius 2 is 2.03 bits per heavy atom. The molecule has 0 aliphatic heterocycles. The van der Waals surface area contributed by atoms with Gasteiger partial charge in [-0.2, -0.15) is 0 Å². The summed E-state index contributed by atoms with van der Waals surface area (Å²) in [5.41, 5.74) is -0.371. The molecule has 1 aromatic rings. The fourth-order valence-electron chi connectivity index (χ4n) is 6.55. The van der Waals surface area contributed by atoms with Gasteiger partial charge in [0.15, 0.2) is 0 Å². The second-order valence-electron chi connectivity index (χ2n) is 11.3. The molecule has 0 amide bonds. The predicted octanol–water partition coefficient (Wildman–Crippen LogP) is 5.16. The van der Waals surface area contributed by atoms with Crippen LogP contribution in [0.2, 0.25) is 0 Å². The third kappa shape index (κ3) is 5.69. The van der Waals surface area contributed by atoms with Gasteiger partial charge in [0.05, 0.1) is 12.6 Å². The Morgan fingerprint density at radius 3 is 2.63 bits per heavy atom. The van der Waals surface area contributed by atoms with Crippen LogP contribution in [0.4, 0.5) is 4.39 Å². The lowest BCUT2D eigenvalue weighted by atomic mass is 9.50. The highest BCUT2D eigenvalue weighted by Crippen LogP contribution is 2.57. The van der Waals surface area contributed by atoms with Crippen LogP contribution in [-0.4, -0.2) is 47.1 Å². The number of nitrogens with zero attached hydrogens (tertiary/aromatic N) is 1. The topological polar surface area (TPSA) is 66.8 Å². The van der Waals surface area contributed by atoms with Crippen LogP contribution in [0.15, 0.2) is 36.9 Å². The Balaban J connectivity index is 1.88. The van der Waals surface area contributed by atoms with Crippen molar-refractivity contribution in [2.75, 3.05) is 13.1 Å². The van der Waals surface area contributed by atoms with Crippen LogP contribution in [0.3, 0.4) is 0 Å². The van der Waals surface area contributed by atoms with Crippen LogP contribution >= 0.6 is 0 Å². The highest BCUT2D eigenvalue weighted by atomic mass is 19.1. The first-order chi connectivity index (χ1) is 16.4. The van der Waals surface area contributed by atoms with Crippen LogP contribution in [0, 0.1) is 34.4 Å². The fourth-order valence-corrected chi connectivity index (χ4v) is 6.55. The molecule has 0 saturated heterocycles. The molecule has 2 fully saturated rings. The lowest BCUT2D eigenvalue weighted by Crippen LogP contribution is -2.58. The number of aliphatic hydroxyl groups excluding tert-OH is 1. The minimum atomic E-state index is -0.661. The maximum atomic E-state index is 13.6. The molecule has 2 saturated carbocycles. The van der Waals surface area contributed by atoms with Crippen LogP contribution in [-0.2, 0) is 20.9 Å². The van der Waals surface area contributed by atoms with E-state index in [1.54, 1.807) is 19.1 Å². The van der Waals surface area contributed by atoms with Crippen molar-refractivity contribution in [2.24, 2.45) is 28.6 Å². The van der Waals surface area contributed by atoms with E-state index in [-0.39, 0.29) is 41.9 Å². The molecular formula is C29H42FNO4. The Bertz CT molecular complexity index is 935. The molecule has 1 aromatic carbocycles. The molecule has 5 nitrogen and oxygen atoms in total. The van der Waals surface area contributed by atoms with Gasteiger partial charge >= 0.3 is 5.97 Å². The zero-order chi connectivity index (χ0) is 26.0. The molecule has 7 atom stereocenters. The molecule has 0 radical (unpaired) electrons. The molecule has 2 aliphatic carbocycles. The third-order valence-electron chi connectivity index (χ3n) is 9.05. The fraction of sp³-hybridized carbons (Fsp3) is 0.655. The van der Waals surface area contributed by atoms with Gasteiger partial charge < -0.3 is 9.84 Å². The Kier molecular flexibility index (Phi) is 8.59. The van der Waals surface area contributed by atoms with Crippen LogP contribution < -0.4 is 0 Å². The molecule has 3 rings (SSSR count). The number of ketones is 1. The maximum absolute atomic E-state index is 13.6. The van der Waals surface area contributed by atoms with E-state index < -0.39 is 23.0 Å². The number of halogens is 1. The summed E-state index contributed by atoms with van der Waals surface area (Å²) in [6, 6.07) is 6.38. The molecule has 3 unspecified atom stereocenters. The molecule has 194 valence electrons. The van der Waals surface area contributed by atoms with Crippen molar-refractivity contribution in [1.29, 1.82) is 0 Å². The minimum Gasteiger partial charge on any atom is -0.461 e. The lowest BCUT2D eigenvalue weighted by molar-refractivity contribution is -0.186. The van der Waals surface area contributed by atoms with Gasteiger partial charge in [-0.15, -0.1) is 6.58 Å². The van der Waals surface area contributed by atoms with E-state index in [1.165, 1.54) is 12.1 Å². The van der Waals surface area contributed by atoms with Crippen molar-refractivity contribution in [2.45, 2.75) is 79.1 Å². The third-order valence-corrected chi connectivity index (χ3v) is 9.05. The predicted molar refractivity (Wildman–Crippen MR) is 135 cm³/mol. The van der Waals surface area contributed by atoms with Crippen molar-refractivity contribution >= 4 is 11.8 Å². The van der Waals surface area contributed by atoms with Crippen molar-refractivity contribution in [1.82, 2.24) is 4.90 Å². The molecule has 1 N–H and O–H groups in total. The van der Waals surface area contributed by atoms with Gasteiger partial charge in [0.25, 0.3) is 0 Å². The first-order valence-corrected chi connectivity index (χ1v) is 12.9. The molecule has 6 heteroatoms. The number of Topliss-reactive ketones (excluding diaryl/α,β-unsaturated/α-hetero) is 1. The highest BCUT2D eigenvalue weighted by molar-refractivity contribution is 5.80. The number of ether oxygens (including phenoxy) is 1. The summed E-state index contributed by atoms with van der Waals surface area (Å²) in [7, 11) is 0. The van der Waals surface area contributed by atoms with Gasteiger partial charge in [0.1, 0.15) is 17.7 Å². The van der Waals surface area contributed by atoms with Crippen molar-refractivity contribution in [3.63, 3.8) is 0 Å². The molecule has 0 heterocycles. The summed E-state index contributed by atoms with van der Waals surface area (Å²) < 4.78 is 19.9. The molecule has 0 spiro atoms. The SMILES string of the molecule is C=C[C@]1(C)C[C@@H](OC(=O)CN(CC)Cc2cccc(F)c2)[C@]2(C)C(C)CCC(C[C@@H]1O)C2C(C)=O. The average Bonchev–Trinajstić information content (AvgIpc) is 2.79. The number of carbonyl (C=O) groups is 2. The van der Waals surface area contributed by atoms with E-state index in [0.29, 0.717) is 25.9 Å². The number of esters is 1. The molecular weight excluding hydrogens is 445 g/mol. The van der Waals surface area contributed by atoms with E-state index in [2.05, 4.69) is 20.4 Å². The summed E-state index contributed by atoms with van der Waals surface area (Å²) in [5.74, 6) is -0.619. The maximum Gasteiger partial charge on any atom is 0.320 e. The summed E-state index contributed by atoms with van der Waals surface area (Å²) >= 11 is 0. The van der Waals surface area contributed by atoms with Gasteiger partial charge in [-0.05, 0) is 68.7 Å². The Labute approximate surface area is 209 Å². The molecule has 2 bridgehead atoms. The quantitative estimate of drug-likeness (QED) is 0.405. The van der Waals surface area contributed by atoms with E-state index in [9.17, 15) is 19.1 Å². The standard InChI is InChI=1S/C29H42FNO4/c1-7-28(5)16-25(29(6)19(3)12-13-22(15-24(28)33)27(29)20(4)32)35-26(34)18-31(8-2)17-21-10-9-11-23(30)14-21/h7,9-11,14,19,22,24-25,27,33H,1,8,12-13,15-18H2,2-6H3/t19?,22?,24-,25+,27?,28+,29-/m0/s1. The van der Waals surface area contributed by atoms with Crippen LogP contribution in [0.5, 0.6) is 0 Å². The van der Waals surface area contributed by atoms with Crippen molar-refractivity contribution in [3.05, 3.63) is 48.3 Å². The van der Waals surface area contributed by atoms with E-state index in [1.807, 2.05) is 24.8 Å². The number of aliphatic hydroxyl groups is 1. The smallest absolute Gasteiger partial charge is 0.320 e. The number of hydrogen-bond acceptors (Lipinski definition) is 5. The summed E-state index contributed by atoms with van der Waals surface area (Å²) in [6.07, 6.45) is 3.35. The van der Waals surface area contributed by atoms with Crippen LogP contribution in [0.1, 0.15) is 65.9 Å². The minimum absolute atomic E-state index is 0.0459. The second-order valence-corrected chi connectivity index (χ2v) is 11.3. The van der Waals surface area contributed by atoms with E-state index >= 15 is 0 Å². The van der Waals surface area contributed by atoms with Crippen LogP contribution in [0.25, 0.3) is 0 Å². The van der Waals surface area contributed by atoms with Gasteiger partial charge in [-0.1, -0.05) is 45.9 Å². The number of fused-ring (bicyclic) bond motifs is 2. The molecule has 2 aliphatic rings. The monoisotopic (exact) mass is 487 g/mol. The van der Waals surface area contributed by atoms with Crippen molar-refractivity contribution in [3.8, 4) is 0 Å². The lowest BCUT2D eigenvalue weighted by Gasteiger charge is -2.56. The number of benzene rings is 1. The summed E-state index contributed by atoms with van der Waals surface area (Å²) in [4.78, 5) is 28.2. The number of likely N-dealkylation sites (N-methyl/N-ethyl adjacent to an activating group) is 1. The van der Waals surface area contributed by atoms with Gasteiger partial charge in [-0.25, -0.2) is 4.39 Å². The second kappa shape index (κ2) is 10.9. The summed E-state index contributed by atoms with van der Waals surface area (Å²) in [5, 5.41) is 11.2. The Hall–Kier alpha value is -2.05. The van der Waals surface area contributed by atoms with Gasteiger partial charge in [0.2, 0.25) is 0 Å². The van der Waals surface area contributed by atoms with Gasteiger partial charge in [-0.3, -0.25) is 14.5 Å². The molecule has 35 heavy (non-hydrogen) atoms. The summed E-state index contributed by atoms with van der Waals surface area (Å²) in [6.45, 7) is 14.9. The zero-order valence-electron chi connectivity index (χ0n) is 21.9. The average molecular weight is 488 g/mol. The van der Waals surface area contributed by atoms with Gasteiger partial charge in [0, 0.05) is 23.3 Å². The Morgan fingerprint density at radius 1 is 1.31 bits per heavy atom. The van der Waals surface area contributed by atoms with E-state index in [4.69, 9.17) is 4.74 Å². The normalized spacial score (nSPS) is 35.1. The first kappa shape index (κ1) is 27.5. The van der Waals surface area contributed by atoms with Crippen molar-refractivity contribution < 1.29 is 23.8 Å². The number of rotatable bonds is 8. The first-order valence-electron chi connectivity index (χ1n) is 12.9. The number of hydrogen-bond donors (Lipinski definition) is 1. The molecule has 0 aromatic heterocycles. The highest BCUT2D eigenvalue weighted by Gasteiger charge is 2.58.